The highest BCUT2D eigenvalue weighted by atomic mass is 16.6. The topological polar surface area (TPSA) is 81.7 Å². The van der Waals surface area contributed by atoms with E-state index in [1.165, 1.54) is 6.08 Å². The molecule has 0 unspecified atom stereocenters. The van der Waals surface area contributed by atoms with Gasteiger partial charge in [-0.3, -0.25) is 14.9 Å². The normalized spacial score (nSPS) is 34.6. The lowest BCUT2D eigenvalue weighted by Crippen LogP contribution is -2.66. The van der Waals surface area contributed by atoms with Crippen LogP contribution >= 0.6 is 0 Å². The number of hydrogen-bond donors (Lipinski definition) is 1. The van der Waals surface area contributed by atoms with Gasteiger partial charge in [-0.1, -0.05) is 17.7 Å². The van der Waals surface area contributed by atoms with Crippen LogP contribution in [-0.4, -0.2) is 23.4 Å². The van der Waals surface area contributed by atoms with Crippen molar-refractivity contribution in [3.05, 3.63) is 41.7 Å². The number of imide groups is 1. The zero-order valence-electron chi connectivity index (χ0n) is 12.7. The van der Waals surface area contributed by atoms with Crippen LogP contribution < -0.4 is 10.1 Å². The molecule has 6 nitrogen and oxygen atoms in total. The third kappa shape index (κ3) is 1.84. The number of ether oxygens (including phenoxy) is 2. The van der Waals surface area contributed by atoms with E-state index in [2.05, 4.69) is 5.32 Å². The number of carbonyl (C=O) groups excluding carboxylic acids is 3. The van der Waals surface area contributed by atoms with Crippen LogP contribution in [0.1, 0.15) is 12.5 Å². The van der Waals surface area contributed by atoms with Crippen molar-refractivity contribution in [1.29, 1.82) is 0 Å². The van der Waals surface area contributed by atoms with Gasteiger partial charge in [0.25, 0.3) is 0 Å². The Morgan fingerprint density at radius 3 is 2.48 bits per heavy atom. The van der Waals surface area contributed by atoms with E-state index in [1.807, 2.05) is 19.1 Å². The molecule has 0 radical (unpaired) electrons. The lowest BCUT2D eigenvalue weighted by atomic mass is 9.53. The van der Waals surface area contributed by atoms with Crippen molar-refractivity contribution < 1.29 is 23.9 Å². The number of rotatable bonds is 2. The average Bonchev–Trinajstić information content (AvgIpc) is 2.72. The van der Waals surface area contributed by atoms with E-state index in [1.54, 1.807) is 19.1 Å². The Kier molecular flexibility index (Phi) is 2.70. The summed E-state index contributed by atoms with van der Waals surface area (Å²) < 4.78 is 11.2. The number of nitrogens with one attached hydrogen (secondary N) is 1. The minimum absolute atomic E-state index is 0.334. The molecule has 1 aliphatic carbocycles. The highest BCUT2D eigenvalue weighted by molar-refractivity contribution is 6.08. The quantitative estimate of drug-likeness (QED) is 0.653. The lowest BCUT2D eigenvalue weighted by Gasteiger charge is -2.54. The van der Waals surface area contributed by atoms with Crippen molar-refractivity contribution >= 4 is 17.8 Å². The van der Waals surface area contributed by atoms with Gasteiger partial charge >= 0.3 is 5.97 Å². The summed E-state index contributed by atoms with van der Waals surface area (Å²) in [5.74, 6) is -1.96. The molecule has 4 atom stereocenters. The summed E-state index contributed by atoms with van der Waals surface area (Å²) >= 11 is 0. The van der Waals surface area contributed by atoms with Crippen LogP contribution in [-0.2, 0) is 19.1 Å². The van der Waals surface area contributed by atoms with Gasteiger partial charge in [-0.2, -0.15) is 0 Å². The van der Waals surface area contributed by atoms with Gasteiger partial charge in [0.15, 0.2) is 0 Å². The van der Waals surface area contributed by atoms with Crippen LogP contribution in [0, 0.1) is 24.7 Å². The summed E-state index contributed by atoms with van der Waals surface area (Å²) in [6.07, 6.45) is 1.26. The summed E-state index contributed by atoms with van der Waals surface area (Å²) in [6, 6.07) is 7.38. The molecule has 2 amide bonds. The maximum atomic E-state index is 12.0. The molecule has 1 saturated carbocycles. The largest absolute Gasteiger partial charge is 0.461 e. The van der Waals surface area contributed by atoms with Crippen LogP contribution in [0.3, 0.4) is 0 Å². The minimum atomic E-state index is -1.03. The Labute approximate surface area is 132 Å². The molecule has 0 aromatic heterocycles. The number of benzene rings is 1. The summed E-state index contributed by atoms with van der Waals surface area (Å²) in [4.78, 5) is 35.8. The van der Waals surface area contributed by atoms with E-state index in [0.29, 0.717) is 11.5 Å². The second-order valence-electron chi connectivity index (χ2n) is 6.40. The molecule has 0 bridgehead atoms. The summed E-state index contributed by atoms with van der Waals surface area (Å²) in [7, 11) is 0. The number of amides is 2. The molecule has 2 fully saturated rings. The molecule has 2 heterocycles. The molecule has 2 aliphatic heterocycles. The Morgan fingerprint density at radius 1 is 1.09 bits per heavy atom. The first kappa shape index (κ1) is 14.0. The molecule has 1 aromatic rings. The van der Waals surface area contributed by atoms with Gasteiger partial charge < -0.3 is 9.47 Å². The van der Waals surface area contributed by atoms with E-state index < -0.39 is 29.3 Å². The fourth-order valence-corrected chi connectivity index (χ4v) is 3.86. The van der Waals surface area contributed by atoms with Gasteiger partial charge in [0.1, 0.15) is 17.1 Å². The summed E-state index contributed by atoms with van der Waals surface area (Å²) in [6.45, 7) is 3.64. The number of carbonyl (C=O) groups is 3. The van der Waals surface area contributed by atoms with Crippen LogP contribution in [0.5, 0.6) is 5.75 Å². The van der Waals surface area contributed by atoms with Gasteiger partial charge in [-0.15, -0.1) is 0 Å². The predicted octanol–water partition coefficient (Wildman–Crippen LogP) is 1.09. The first-order valence-electron chi connectivity index (χ1n) is 7.44. The third-order valence-electron chi connectivity index (χ3n) is 4.93. The number of hydrogen-bond acceptors (Lipinski definition) is 5. The van der Waals surface area contributed by atoms with Crippen molar-refractivity contribution in [1.82, 2.24) is 5.32 Å². The zero-order valence-corrected chi connectivity index (χ0v) is 12.7. The maximum absolute atomic E-state index is 12.0. The first-order valence-corrected chi connectivity index (χ1v) is 7.44. The Bertz CT molecular complexity index is 766. The standard InChI is InChI=1S/C17H15NO5/c1-8-3-5-9(6-4-8)22-10-7-11(19)23-17(2)13(10)12-14(17)16(21)18-15(12)20/h3-7,12-14H,1-2H3,(H,18,20,21)/t12-,13+,14+,17+/m1/s1. The smallest absolute Gasteiger partial charge is 0.334 e. The molecule has 0 spiro atoms. The van der Waals surface area contributed by atoms with Crippen molar-refractivity contribution in [3.63, 3.8) is 0 Å². The second kappa shape index (κ2) is 4.44. The predicted molar refractivity (Wildman–Crippen MR) is 78.0 cm³/mol. The number of fused-ring (bicyclic) bond motifs is 4. The second-order valence-corrected chi connectivity index (χ2v) is 6.40. The van der Waals surface area contributed by atoms with Crippen LogP contribution in [0.25, 0.3) is 0 Å². The van der Waals surface area contributed by atoms with E-state index >= 15 is 0 Å². The Morgan fingerprint density at radius 2 is 1.78 bits per heavy atom. The van der Waals surface area contributed by atoms with E-state index in [-0.39, 0.29) is 11.8 Å². The van der Waals surface area contributed by atoms with Crippen molar-refractivity contribution in [2.24, 2.45) is 17.8 Å². The molecule has 4 rings (SSSR count). The van der Waals surface area contributed by atoms with Crippen LogP contribution in [0.15, 0.2) is 36.1 Å². The maximum Gasteiger partial charge on any atom is 0.334 e. The minimum Gasteiger partial charge on any atom is -0.461 e. The van der Waals surface area contributed by atoms with Crippen LogP contribution in [0.2, 0.25) is 0 Å². The number of aryl methyl sites for hydroxylation is 1. The molecule has 6 heteroatoms. The van der Waals surface area contributed by atoms with Gasteiger partial charge in [-0.05, 0) is 26.0 Å². The Balaban J connectivity index is 1.69. The van der Waals surface area contributed by atoms with Crippen molar-refractivity contribution in [3.8, 4) is 5.75 Å². The Hall–Kier alpha value is -2.63. The van der Waals surface area contributed by atoms with E-state index in [0.717, 1.165) is 5.56 Å². The highest BCUT2D eigenvalue weighted by Gasteiger charge is 2.73. The lowest BCUT2D eigenvalue weighted by molar-refractivity contribution is -0.209. The van der Waals surface area contributed by atoms with E-state index in [9.17, 15) is 14.4 Å². The molecule has 1 N–H and O–H groups in total. The van der Waals surface area contributed by atoms with Crippen molar-refractivity contribution in [2.45, 2.75) is 19.4 Å². The van der Waals surface area contributed by atoms with E-state index in [4.69, 9.17) is 9.47 Å². The molecule has 3 aliphatic rings. The van der Waals surface area contributed by atoms with Gasteiger partial charge in [0, 0.05) is 0 Å². The van der Waals surface area contributed by atoms with Crippen molar-refractivity contribution in [2.75, 3.05) is 0 Å². The molecule has 1 aromatic carbocycles. The molecular weight excluding hydrogens is 298 g/mol. The molecular formula is C17H15NO5. The molecule has 23 heavy (non-hydrogen) atoms. The van der Waals surface area contributed by atoms with Gasteiger partial charge in [-0.25, -0.2) is 4.79 Å². The van der Waals surface area contributed by atoms with Gasteiger partial charge in [0.2, 0.25) is 11.8 Å². The fourth-order valence-electron chi connectivity index (χ4n) is 3.86. The highest BCUT2D eigenvalue weighted by Crippen LogP contribution is 2.58. The zero-order chi connectivity index (χ0) is 16.4. The summed E-state index contributed by atoms with van der Waals surface area (Å²) in [5.41, 5.74) is 0.0518. The average molecular weight is 313 g/mol. The third-order valence-corrected chi connectivity index (χ3v) is 4.93. The molecule has 118 valence electrons. The number of esters is 1. The fraction of sp³-hybridized carbons (Fsp3) is 0.353. The first-order chi connectivity index (χ1) is 10.9. The SMILES string of the molecule is Cc1ccc(OC2=CC(=O)O[C@]3(C)[C@@H]4C(=O)NC(=O)[C@@H]4[C@H]23)cc1. The van der Waals surface area contributed by atoms with Gasteiger partial charge in [0.05, 0.1) is 23.8 Å². The summed E-state index contributed by atoms with van der Waals surface area (Å²) in [5, 5.41) is 2.32. The monoisotopic (exact) mass is 313 g/mol. The van der Waals surface area contributed by atoms with Crippen LogP contribution in [0.4, 0.5) is 0 Å². The molecule has 1 saturated heterocycles.